The Balaban J connectivity index is 1.81. The number of ketones is 1. The fraction of sp³-hybridized carbons (Fsp3) is 0.577. The lowest BCUT2D eigenvalue weighted by atomic mass is 9.84. The lowest BCUT2D eigenvalue weighted by Gasteiger charge is -2.32. The Bertz CT molecular complexity index is 883. The van der Waals surface area contributed by atoms with Crippen molar-refractivity contribution in [2.45, 2.75) is 73.1 Å². The molecule has 1 atom stereocenters. The first kappa shape index (κ1) is 23.2. The van der Waals surface area contributed by atoms with Crippen LogP contribution in [-0.4, -0.2) is 35.6 Å². The second-order valence-electron chi connectivity index (χ2n) is 9.08. The highest BCUT2D eigenvalue weighted by molar-refractivity contribution is 6.25. The average Bonchev–Trinajstić information content (AvgIpc) is 3.02. The Morgan fingerprint density at radius 2 is 1.65 bits per heavy atom. The molecule has 0 radical (unpaired) electrons. The van der Waals surface area contributed by atoms with Crippen LogP contribution >= 0.6 is 0 Å². The van der Waals surface area contributed by atoms with E-state index >= 15 is 0 Å². The van der Waals surface area contributed by atoms with E-state index in [1.54, 1.807) is 6.92 Å². The molecular weight excluding hydrogens is 390 g/mol. The molecule has 5 nitrogen and oxygen atoms in total. The number of benzene rings is 1. The number of carbonyl (C=O) groups is 3. The second kappa shape index (κ2) is 9.80. The summed E-state index contributed by atoms with van der Waals surface area (Å²) in [6.45, 7) is 11.3. The normalized spacial score (nSPS) is 19.8. The van der Waals surface area contributed by atoms with Gasteiger partial charge in [0.1, 0.15) is 5.76 Å². The fourth-order valence-electron chi connectivity index (χ4n) is 5.13. The molecule has 1 fully saturated rings. The Morgan fingerprint density at radius 3 is 2.19 bits per heavy atom. The van der Waals surface area contributed by atoms with Gasteiger partial charge < -0.3 is 9.64 Å². The molecule has 3 rings (SSSR count). The van der Waals surface area contributed by atoms with Crippen molar-refractivity contribution in [1.29, 1.82) is 0 Å². The number of hydrogen-bond acceptors (Lipinski definition) is 4. The molecule has 0 aromatic heterocycles. The van der Waals surface area contributed by atoms with Gasteiger partial charge in [-0.1, -0.05) is 31.5 Å². The maximum absolute atomic E-state index is 13.6. The van der Waals surface area contributed by atoms with Crippen molar-refractivity contribution in [2.75, 3.05) is 13.1 Å². The number of allylic oxidation sites excluding steroid dienone is 2. The van der Waals surface area contributed by atoms with Crippen LogP contribution in [-0.2, 0) is 19.1 Å². The van der Waals surface area contributed by atoms with Crippen LogP contribution in [0.5, 0.6) is 0 Å². The number of hydrogen-bond donors (Lipinski definition) is 0. The van der Waals surface area contributed by atoms with Crippen molar-refractivity contribution in [3.05, 3.63) is 40.1 Å². The molecular formula is C26H35NO4. The summed E-state index contributed by atoms with van der Waals surface area (Å²) < 4.78 is 5.69. The van der Waals surface area contributed by atoms with Gasteiger partial charge in [-0.25, -0.2) is 0 Å². The van der Waals surface area contributed by atoms with Crippen LogP contribution < -0.4 is 0 Å². The molecule has 2 aliphatic rings. The van der Waals surface area contributed by atoms with E-state index in [9.17, 15) is 14.4 Å². The van der Waals surface area contributed by atoms with Crippen LogP contribution in [0.2, 0.25) is 0 Å². The number of piperidine rings is 1. The average molecular weight is 426 g/mol. The summed E-state index contributed by atoms with van der Waals surface area (Å²) in [5, 5.41) is 0. The number of rotatable bonds is 6. The molecule has 1 unspecified atom stereocenters. The third kappa shape index (κ3) is 5.08. The summed E-state index contributed by atoms with van der Waals surface area (Å²) in [6, 6.07) is 4.16. The Kier molecular flexibility index (Phi) is 7.34. The lowest BCUT2D eigenvalue weighted by molar-refractivity contribution is -0.139. The predicted octanol–water partition coefficient (Wildman–Crippen LogP) is 4.90. The quantitative estimate of drug-likeness (QED) is 0.608. The van der Waals surface area contributed by atoms with Gasteiger partial charge in [-0.15, -0.1) is 0 Å². The van der Waals surface area contributed by atoms with Crippen LogP contribution in [0, 0.1) is 32.6 Å². The van der Waals surface area contributed by atoms with Gasteiger partial charge in [-0.2, -0.15) is 0 Å². The minimum absolute atomic E-state index is 0.0982. The molecule has 1 amide bonds. The van der Waals surface area contributed by atoms with E-state index < -0.39 is 0 Å². The summed E-state index contributed by atoms with van der Waals surface area (Å²) in [6.07, 6.45) is 3.95. The number of Topliss-reactive ketones (excluding diaryl/α,β-unsaturated/α-hetero) is 1. The van der Waals surface area contributed by atoms with E-state index in [1.807, 2.05) is 32.6 Å². The molecule has 0 bridgehead atoms. The first-order chi connectivity index (χ1) is 14.7. The number of ether oxygens (including phenoxy) is 1. The van der Waals surface area contributed by atoms with Crippen LogP contribution in [0.15, 0.2) is 17.9 Å². The van der Waals surface area contributed by atoms with E-state index in [2.05, 4.69) is 12.1 Å². The van der Waals surface area contributed by atoms with Gasteiger partial charge >= 0.3 is 5.97 Å². The maximum Gasteiger partial charge on any atom is 0.310 e. The van der Waals surface area contributed by atoms with Crippen molar-refractivity contribution in [2.24, 2.45) is 11.8 Å². The summed E-state index contributed by atoms with van der Waals surface area (Å²) >= 11 is 0. The molecule has 1 heterocycles. The highest BCUT2D eigenvalue weighted by atomic mass is 16.5. The molecule has 168 valence electrons. The molecule has 1 aromatic rings. The summed E-state index contributed by atoms with van der Waals surface area (Å²) in [5.74, 6) is 0.801. The van der Waals surface area contributed by atoms with Crippen LogP contribution in [0.1, 0.15) is 74.6 Å². The van der Waals surface area contributed by atoms with E-state index in [1.165, 1.54) is 0 Å². The molecule has 0 spiro atoms. The zero-order chi connectivity index (χ0) is 22.7. The third-order valence-corrected chi connectivity index (χ3v) is 6.67. The Morgan fingerprint density at radius 1 is 1.03 bits per heavy atom. The molecule has 5 heteroatoms. The van der Waals surface area contributed by atoms with Crippen LogP contribution in [0.4, 0.5) is 0 Å². The molecule has 1 saturated heterocycles. The molecule has 0 saturated carbocycles. The number of likely N-dealkylation sites (tertiary alicyclic amines) is 1. The monoisotopic (exact) mass is 425 g/mol. The minimum atomic E-state index is -0.297. The van der Waals surface area contributed by atoms with E-state index in [-0.39, 0.29) is 30.0 Å². The summed E-state index contributed by atoms with van der Waals surface area (Å²) in [5.41, 5.74) is 4.75. The second-order valence-corrected chi connectivity index (χ2v) is 9.08. The molecule has 31 heavy (non-hydrogen) atoms. The van der Waals surface area contributed by atoms with Crippen molar-refractivity contribution in [3.63, 3.8) is 0 Å². The molecule has 1 aliphatic carbocycles. The van der Waals surface area contributed by atoms with E-state index in [0.29, 0.717) is 30.1 Å². The van der Waals surface area contributed by atoms with Crippen molar-refractivity contribution in [1.82, 2.24) is 4.90 Å². The maximum atomic E-state index is 13.6. The fourth-order valence-corrected chi connectivity index (χ4v) is 5.13. The largest absolute Gasteiger partial charge is 0.430 e. The number of carbonyl (C=O) groups excluding carboxylic acids is 3. The Hall–Kier alpha value is -2.43. The zero-order valence-corrected chi connectivity index (χ0v) is 19.5. The first-order valence-electron chi connectivity index (χ1n) is 11.6. The van der Waals surface area contributed by atoms with Gasteiger partial charge in [0.15, 0.2) is 5.78 Å². The third-order valence-electron chi connectivity index (χ3n) is 6.67. The standard InChI is InChI=1S/C26H35NO4/c1-6-22(28)27-10-8-19(9-11-27)14-20-15-21(31-23(29)7-2)25(26(20)30)24-17(4)12-16(3)13-18(24)5/h12-13,19-20H,6-11,14-15H2,1-5H3. The van der Waals surface area contributed by atoms with Gasteiger partial charge in [0.2, 0.25) is 5.91 Å². The van der Waals surface area contributed by atoms with Gasteiger partial charge in [-0.3, -0.25) is 14.4 Å². The van der Waals surface area contributed by atoms with Crippen molar-refractivity contribution >= 4 is 23.2 Å². The SMILES string of the molecule is CCC(=O)OC1=C(c2c(C)cc(C)cc2C)C(=O)C(CC2CCN(C(=O)CC)CC2)C1. The predicted molar refractivity (Wildman–Crippen MR) is 121 cm³/mol. The molecule has 1 aromatic carbocycles. The summed E-state index contributed by atoms with van der Waals surface area (Å²) in [4.78, 5) is 39.5. The topological polar surface area (TPSA) is 63.7 Å². The van der Waals surface area contributed by atoms with Crippen LogP contribution in [0.3, 0.4) is 0 Å². The van der Waals surface area contributed by atoms with Gasteiger partial charge in [0, 0.05) is 38.3 Å². The number of amides is 1. The lowest BCUT2D eigenvalue weighted by Crippen LogP contribution is -2.38. The molecule has 1 aliphatic heterocycles. The number of esters is 1. The highest BCUT2D eigenvalue weighted by Crippen LogP contribution is 2.42. The van der Waals surface area contributed by atoms with E-state index in [0.717, 1.165) is 54.6 Å². The van der Waals surface area contributed by atoms with Gasteiger partial charge in [0.05, 0.1) is 5.57 Å². The van der Waals surface area contributed by atoms with Crippen molar-refractivity contribution < 1.29 is 19.1 Å². The zero-order valence-electron chi connectivity index (χ0n) is 19.5. The Labute approximate surface area is 185 Å². The smallest absolute Gasteiger partial charge is 0.310 e. The minimum Gasteiger partial charge on any atom is -0.430 e. The van der Waals surface area contributed by atoms with Crippen molar-refractivity contribution in [3.8, 4) is 0 Å². The first-order valence-corrected chi connectivity index (χ1v) is 11.6. The van der Waals surface area contributed by atoms with Crippen LogP contribution in [0.25, 0.3) is 5.57 Å². The van der Waals surface area contributed by atoms with Gasteiger partial charge in [-0.05, 0) is 62.6 Å². The highest BCUT2D eigenvalue weighted by Gasteiger charge is 2.39. The number of nitrogens with zero attached hydrogens (tertiary/aromatic N) is 1. The van der Waals surface area contributed by atoms with Gasteiger partial charge in [0.25, 0.3) is 0 Å². The molecule has 0 N–H and O–H groups in total. The number of aryl methyl sites for hydroxylation is 3. The summed E-state index contributed by atoms with van der Waals surface area (Å²) in [7, 11) is 0. The van der Waals surface area contributed by atoms with E-state index in [4.69, 9.17) is 4.74 Å².